The third-order valence-corrected chi connectivity index (χ3v) is 4.24. The predicted octanol–water partition coefficient (Wildman–Crippen LogP) is 2.18. The number of carbonyl (C=O) groups excluding carboxylic acids is 3. The first-order valence-electron chi connectivity index (χ1n) is 9.63. The zero-order valence-corrected chi connectivity index (χ0v) is 17.1. The van der Waals surface area contributed by atoms with Gasteiger partial charge in [0.15, 0.2) is 0 Å². The molecule has 7 nitrogen and oxygen atoms in total. The molecule has 0 radical (unpaired) electrons. The summed E-state index contributed by atoms with van der Waals surface area (Å²) in [7, 11) is 0. The van der Waals surface area contributed by atoms with Crippen LogP contribution in [0.1, 0.15) is 58.6 Å². The normalized spacial score (nSPS) is 13.2. The van der Waals surface area contributed by atoms with E-state index >= 15 is 0 Å². The maximum Gasteiger partial charge on any atom is 0.308 e. The van der Waals surface area contributed by atoms with Crippen LogP contribution in [0.25, 0.3) is 0 Å². The van der Waals surface area contributed by atoms with Crippen molar-refractivity contribution in [1.82, 2.24) is 4.90 Å². The van der Waals surface area contributed by atoms with Crippen molar-refractivity contribution in [2.24, 2.45) is 11.7 Å². The zero-order chi connectivity index (χ0) is 21.3. The van der Waals surface area contributed by atoms with Gasteiger partial charge in [0.05, 0.1) is 25.1 Å². The molecule has 0 aromatic heterocycles. The lowest BCUT2D eigenvalue weighted by molar-refractivity contribution is -0.150. The third kappa shape index (κ3) is 8.08. The molecule has 2 unspecified atom stereocenters. The second kappa shape index (κ2) is 11.4. The van der Waals surface area contributed by atoms with E-state index in [0.29, 0.717) is 12.3 Å². The third-order valence-electron chi connectivity index (χ3n) is 4.24. The Morgan fingerprint density at radius 1 is 1.11 bits per heavy atom. The maximum atomic E-state index is 12.9. The molecule has 2 atom stereocenters. The number of esters is 1. The molecule has 0 saturated carbocycles. The Hall–Kier alpha value is -2.41. The number of primary amides is 1. The van der Waals surface area contributed by atoms with E-state index in [1.54, 1.807) is 38.1 Å². The van der Waals surface area contributed by atoms with Crippen LogP contribution in [0, 0.1) is 5.92 Å². The van der Waals surface area contributed by atoms with E-state index in [4.69, 9.17) is 10.5 Å². The molecule has 2 amide bonds. The Balaban J connectivity index is 3.20. The quantitative estimate of drug-likeness (QED) is 0.561. The van der Waals surface area contributed by atoms with Crippen LogP contribution in [0.15, 0.2) is 30.3 Å². The Morgan fingerprint density at radius 2 is 1.71 bits per heavy atom. The lowest BCUT2D eigenvalue weighted by Gasteiger charge is -2.33. The van der Waals surface area contributed by atoms with Gasteiger partial charge >= 0.3 is 5.97 Å². The zero-order valence-electron chi connectivity index (χ0n) is 17.1. The first kappa shape index (κ1) is 23.6. The van der Waals surface area contributed by atoms with E-state index in [2.05, 4.69) is 0 Å². The summed E-state index contributed by atoms with van der Waals surface area (Å²) in [5.74, 6) is -1.31. The predicted molar refractivity (Wildman–Crippen MR) is 106 cm³/mol. The van der Waals surface area contributed by atoms with Crippen LogP contribution < -0.4 is 5.73 Å². The minimum Gasteiger partial charge on any atom is -0.463 e. The van der Waals surface area contributed by atoms with Gasteiger partial charge in [-0.3, -0.25) is 14.4 Å². The fourth-order valence-electron chi connectivity index (χ4n) is 2.79. The van der Waals surface area contributed by atoms with E-state index in [1.165, 1.54) is 4.90 Å². The lowest BCUT2D eigenvalue weighted by Crippen LogP contribution is -2.45. The molecule has 0 fully saturated rings. The number of carbonyl (C=O) groups is 3. The molecular weight excluding hydrogens is 360 g/mol. The highest BCUT2D eigenvalue weighted by Crippen LogP contribution is 2.27. The summed E-state index contributed by atoms with van der Waals surface area (Å²) >= 11 is 0. The lowest BCUT2D eigenvalue weighted by atomic mass is 9.99. The van der Waals surface area contributed by atoms with Crippen LogP contribution >= 0.6 is 0 Å². The Labute approximate surface area is 166 Å². The van der Waals surface area contributed by atoms with Crippen LogP contribution in [-0.2, 0) is 19.1 Å². The van der Waals surface area contributed by atoms with Gasteiger partial charge in [-0.25, -0.2) is 0 Å². The first-order chi connectivity index (χ1) is 13.1. The van der Waals surface area contributed by atoms with E-state index in [9.17, 15) is 19.5 Å². The molecular formula is C21H32N2O5. The van der Waals surface area contributed by atoms with Gasteiger partial charge in [-0.2, -0.15) is 0 Å². The van der Waals surface area contributed by atoms with Crippen LogP contribution in [0.4, 0.5) is 0 Å². The molecule has 28 heavy (non-hydrogen) atoms. The minimum atomic E-state index is -1.52. The van der Waals surface area contributed by atoms with Gasteiger partial charge in [-0.15, -0.1) is 0 Å². The number of hydrogen-bond donors (Lipinski definition) is 2. The van der Waals surface area contributed by atoms with Gasteiger partial charge in [-0.1, -0.05) is 44.2 Å². The Morgan fingerprint density at radius 3 is 2.21 bits per heavy atom. The van der Waals surface area contributed by atoms with E-state index in [0.717, 1.165) is 5.56 Å². The maximum absolute atomic E-state index is 12.9. The van der Waals surface area contributed by atoms with Crippen LogP contribution in [0.3, 0.4) is 0 Å². The molecule has 0 aliphatic carbocycles. The highest BCUT2D eigenvalue weighted by molar-refractivity contribution is 5.82. The van der Waals surface area contributed by atoms with Gasteiger partial charge in [0, 0.05) is 6.42 Å². The standard InChI is InChI=1S/C21H32N2O5/c1-14(2)10-11-19(25)23(13-18(24)21(22)27)17(12-20(26)28-15(3)4)16-8-6-5-7-9-16/h5-9,14-15,17-18,24H,10-13H2,1-4H3,(H2,22,27). The van der Waals surface area contributed by atoms with Crippen LogP contribution in [-0.4, -0.2) is 46.5 Å². The van der Waals surface area contributed by atoms with Crippen molar-refractivity contribution in [2.75, 3.05) is 6.54 Å². The average molecular weight is 392 g/mol. The van der Waals surface area contributed by atoms with Crippen molar-refractivity contribution in [3.63, 3.8) is 0 Å². The molecule has 0 saturated heterocycles. The smallest absolute Gasteiger partial charge is 0.308 e. The molecule has 0 bridgehead atoms. The molecule has 1 aromatic rings. The van der Waals surface area contributed by atoms with Gasteiger partial charge in [0.25, 0.3) is 0 Å². The van der Waals surface area contributed by atoms with Crippen molar-refractivity contribution in [1.29, 1.82) is 0 Å². The van der Waals surface area contributed by atoms with Crippen molar-refractivity contribution in [3.05, 3.63) is 35.9 Å². The van der Waals surface area contributed by atoms with E-state index in [1.807, 2.05) is 19.9 Å². The summed E-state index contributed by atoms with van der Waals surface area (Å²) in [6.07, 6.45) is -0.993. The molecule has 156 valence electrons. The summed E-state index contributed by atoms with van der Waals surface area (Å²) < 4.78 is 5.25. The fraction of sp³-hybridized carbons (Fsp3) is 0.571. The highest BCUT2D eigenvalue weighted by Gasteiger charge is 2.31. The summed E-state index contributed by atoms with van der Waals surface area (Å²) in [5.41, 5.74) is 5.91. The topological polar surface area (TPSA) is 110 Å². The minimum absolute atomic E-state index is 0.0822. The molecule has 1 aromatic carbocycles. The highest BCUT2D eigenvalue weighted by atomic mass is 16.5. The summed E-state index contributed by atoms with van der Waals surface area (Å²) in [4.78, 5) is 38.0. The van der Waals surface area contributed by atoms with Crippen molar-refractivity contribution in [2.45, 2.75) is 65.2 Å². The number of aliphatic hydroxyl groups is 1. The summed E-state index contributed by atoms with van der Waals surface area (Å²) in [6.45, 7) is 7.23. The molecule has 3 N–H and O–H groups in total. The van der Waals surface area contributed by atoms with Gasteiger partial charge < -0.3 is 20.5 Å². The molecule has 0 aliphatic rings. The largest absolute Gasteiger partial charge is 0.463 e. The second-order valence-corrected chi connectivity index (χ2v) is 7.57. The van der Waals surface area contributed by atoms with Crippen LogP contribution in [0.2, 0.25) is 0 Å². The van der Waals surface area contributed by atoms with Gasteiger partial charge in [0.2, 0.25) is 11.8 Å². The molecule has 0 aliphatic heterocycles. The molecule has 0 spiro atoms. The number of amides is 2. The number of aliphatic hydroxyl groups excluding tert-OH is 1. The van der Waals surface area contributed by atoms with Crippen LogP contribution in [0.5, 0.6) is 0 Å². The number of benzene rings is 1. The molecule has 1 rings (SSSR count). The number of nitrogens with zero attached hydrogens (tertiary/aromatic N) is 1. The van der Waals surface area contributed by atoms with Crippen molar-refractivity contribution < 1.29 is 24.2 Å². The molecule has 7 heteroatoms. The Kier molecular flexibility index (Phi) is 9.65. The van der Waals surface area contributed by atoms with Gasteiger partial charge in [-0.05, 0) is 31.7 Å². The number of ether oxygens (including phenoxy) is 1. The van der Waals surface area contributed by atoms with Crippen molar-refractivity contribution in [3.8, 4) is 0 Å². The fourth-order valence-corrected chi connectivity index (χ4v) is 2.79. The number of nitrogens with two attached hydrogens (primary N) is 1. The van der Waals surface area contributed by atoms with Crippen molar-refractivity contribution >= 4 is 17.8 Å². The molecule has 0 heterocycles. The van der Waals surface area contributed by atoms with E-state index in [-0.39, 0.29) is 31.4 Å². The van der Waals surface area contributed by atoms with Gasteiger partial charge in [0.1, 0.15) is 6.10 Å². The number of hydrogen-bond acceptors (Lipinski definition) is 5. The van der Waals surface area contributed by atoms with E-state index < -0.39 is 24.0 Å². The Bertz CT molecular complexity index is 645. The SMILES string of the molecule is CC(C)CCC(=O)N(CC(O)C(N)=O)C(CC(=O)OC(C)C)c1ccccc1. The summed E-state index contributed by atoms with van der Waals surface area (Å²) in [6, 6.07) is 8.37. The average Bonchev–Trinajstić information content (AvgIpc) is 2.62. The summed E-state index contributed by atoms with van der Waals surface area (Å²) in [5, 5.41) is 10.0. The monoisotopic (exact) mass is 392 g/mol. The number of rotatable bonds is 11. The first-order valence-corrected chi connectivity index (χ1v) is 9.63. The second-order valence-electron chi connectivity index (χ2n) is 7.57.